The van der Waals surface area contributed by atoms with Crippen LogP contribution in [-0.4, -0.2) is 47.3 Å². The fraction of sp³-hybridized carbons (Fsp3) is 0.333. The van der Waals surface area contributed by atoms with E-state index < -0.39 is 71.9 Å². The number of nitrogens with one attached hydrogen (secondary N) is 3. The lowest BCUT2D eigenvalue weighted by atomic mass is 10.0. The first-order valence-electron chi connectivity index (χ1n) is 9.19. The zero-order valence-electron chi connectivity index (χ0n) is 16.5. The molecule has 1 saturated heterocycles. The SMILES string of the molecule is O=C1NCC(C(=O)N[C@H](c2cnc(OC(F)C(F)F)c(F)c2)c2ccc(F)c(C(F)(F)F)n2)N1. The maximum Gasteiger partial charge on any atom is 0.436 e. The number of carbonyl (C=O) groups excluding carboxylic acids is 2. The number of nitrogens with zero attached hydrogens (tertiary/aromatic N) is 2. The quantitative estimate of drug-likeness (QED) is 0.509. The molecule has 3 amide bonds. The van der Waals surface area contributed by atoms with Crippen molar-refractivity contribution in [2.45, 2.75) is 31.0 Å². The van der Waals surface area contributed by atoms with E-state index in [4.69, 9.17) is 0 Å². The molecule has 184 valence electrons. The van der Waals surface area contributed by atoms with Crippen molar-refractivity contribution in [3.05, 3.63) is 53.0 Å². The number of ether oxygens (including phenoxy) is 1. The fourth-order valence-electron chi connectivity index (χ4n) is 2.84. The summed E-state index contributed by atoms with van der Waals surface area (Å²) in [6.07, 6.45) is -11.3. The van der Waals surface area contributed by atoms with Crippen molar-refractivity contribution < 1.29 is 49.4 Å². The van der Waals surface area contributed by atoms with Gasteiger partial charge in [0.25, 0.3) is 12.2 Å². The van der Waals surface area contributed by atoms with E-state index in [1.807, 2.05) is 0 Å². The number of halogens is 8. The molecule has 3 atom stereocenters. The predicted octanol–water partition coefficient (Wildman–Crippen LogP) is 2.60. The number of aromatic nitrogens is 2. The molecule has 2 aromatic heterocycles. The van der Waals surface area contributed by atoms with E-state index in [0.717, 1.165) is 6.07 Å². The first-order valence-corrected chi connectivity index (χ1v) is 9.19. The third kappa shape index (κ3) is 5.60. The zero-order valence-corrected chi connectivity index (χ0v) is 16.5. The van der Waals surface area contributed by atoms with Crippen LogP contribution in [0, 0.1) is 11.6 Å². The molecular formula is C18H13F8N5O3. The number of rotatable bonds is 7. The number of amides is 3. The molecule has 1 fully saturated rings. The molecule has 1 aliphatic rings. The number of hydrogen-bond donors (Lipinski definition) is 3. The van der Waals surface area contributed by atoms with Crippen molar-refractivity contribution in [1.82, 2.24) is 25.9 Å². The minimum absolute atomic E-state index is 0.188. The van der Waals surface area contributed by atoms with Gasteiger partial charge in [0.05, 0.1) is 11.7 Å². The van der Waals surface area contributed by atoms with E-state index in [0.29, 0.717) is 18.3 Å². The molecule has 0 saturated carbocycles. The smallest absolute Gasteiger partial charge is 0.435 e. The molecule has 0 radical (unpaired) electrons. The molecule has 2 unspecified atom stereocenters. The van der Waals surface area contributed by atoms with Gasteiger partial charge in [0.15, 0.2) is 17.3 Å². The number of carbonyl (C=O) groups is 2. The maximum atomic E-state index is 14.3. The molecule has 3 rings (SSSR count). The average molecular weight is 499 g/mol. The first-order chi connectivity index (χ1) is 15.9. The van der Waals surface area contributed by atoms with E-state index in [2.05, 4.69) is 30.7 Å². The molecule has 2 aromatic rings. The van der Waals surface area contributed by atoms with Crippen LogP contribution in [0.3, 0.4) is 0 Å². The number of urea groups is 1. The molecule has 34 heavy (non-hydrogen) atoms. The highest BCUT2D eigenvalue weighted by molar-refractivity contribution is 5.90. The van der Waals surface area contributed by atoms with Crippen LogP contribution in [0.4, 0.5) is 39.9 Å². The van der Waals surface area contributed by atoms with Crippen LogP contribution in [0.2, 0.25) is 0 Å². The zero-order chi connectivity index (χ0) is 25.2. The Bertz CT molecular complexity index is 1080. The monoisotopic (exact) mass is 499 g/mol. The number of alkyl halides is 6. The van der Waals surface area contributed by atoms with Crippen molar-refractivity contribution in [1.29, 1.82) is 0 Å². The Morgan fingerprint density at radius 3 is 2.44 bits per heavy atom. The third-order valence-electron chi connectivity index (χ3n) is 4.39. The second-order valence-electron chi connectivity index (χ2n) is 6.77. The highest BCUT2D eigenvalue weighted by Gasteiger charge is 2.38. The van der Waals surface area contributed by atoms with Crippen LogP contribution in [0.15, 0.2) is 24.4 Å². The Balaban J connectivity index is 1.99. The first kappa shape index (κ1) is 24.9. The normalized spacial score (nSPS) is 17.7. The van der Waals surface area contributed by atoms with Gasteiger partial charge in [-0.25, -0.2) is 32.3 Å². The van der Waals surface area contributed by atoms with E-state index in [1.54, 1.807) is 0 Å². The Morgan fingerprint density at radius 2 is 1.88 bits per heavy atom. The Hall–Kier alpha value is -3.72. The molecule has 8 nitrogen and oxygen atoms in total. The summed E-state index contributed by atoms with van der Waals surface area (Å²) in [5.41, 5.74) is -2.91. The van der Waals surface area contributed by atoms with Gasteiger partial charge in [-0.2, -0.15) is 17.6 Å². The van der Waals surface area contributed by atoms with Crippen molar-refractivity contribution in [3.8, 4) is 5.88 Å². The van der Waals surface area contributed by atoms with Crippen LogP contribution in [0.1, 0.15) is 23.0 Å². The summed E-state index contributed by atoms with van der Waals surface area (Å²) in [7, 11) is 0. The molecule has 1 aliphatic heterocycles. The molecule has 0 bridgehead atoms. The van der Waals surface area contributed by atoms with Gasteiger partial charge in [0, 0.05) is 18.3 Å². The fourth-order valence-corrected chi connectivity index (χ4v) is 2.84. The van der Waals surface area contributed by atoms with Crippen molar-refractivity contribution in [2.24, 2.45) is 0 Å². The Morgan fingerprint density at radius 1 is 1.18 bits per heavy atom. The number of hydrogen-bond acceptors (Lipinski definition) is 5. The molecule has 16 heteroatoms. The van der Waals surface area contributed by atoms with Gasteiger partial charge < -0.3 is 20.7 Å². The van der Waals surface area contributed by atoms with Crippen LogP contribution < -0.4 is 20.7 Å². The lowest BCUT2D eigenvalue weighted by Crippen LogP contribution is -2.44. The average Bonchev–Trinajstić information content (AvgIpc) is 3.19. The van der Waals surface area contributed by atoms with E-state index in [9.17, 15) is 44.7 Å². The molecule has 0 aromatic carbocycles. The second-order valence-corrected chi connectivity index (χ2v) is 6.77. The third-order valence-corrected chi connectivity index (χ3v) is 4.39. The van der Waals surface area contributed by atoms with Gasteiger partial charge in [-0.15, -0.1) is 0 Å². The topological polar surface area (TPSA) is 105 Å². The van der Waals surface area contributed by atoms with Crippen LogP contribution >= 0.6 is 0 Å². The molecular weight excluding hydrogens is 486 g/mol. The number of pyridine rings is 2. The second kappa shape index (κ2) is 9.64. The predicted molar refractivity (Wildman–Crippen MR) is 95.2 cm³/mol. The van der Waals surface area contributed by atoms with Gasteiger partial charge in [0.1, 0.15) is 6.04 Å². The lowest BCUT2D eigenvalue weighted by Gasteiger charge is -2.22. The van der Waals surface area contributed by atoms with Crippen molar-refractivity contribution >= 4 is 11.9 Å². The summed E-state index contributed by atoms with van der Waals surface area (Å²) in [4.78, 5) is 30.3. The highest BCUT2D eigenvalue weighted by Crippen LogP contribution is 2.32. The lowest BCUT2D eigenvalue weighted by molar-refractivity contribution is -0.143. The maximum absolute atomic E-state index is 14.3. The van der Waals surface area contributed by atoms with Crippen LogP contribution in [0.25, 0.3) is 0 Å². The molecule has 3 heterocycles. The highest BCUT2D eigenvalue weighted by atomic mass is 19.4. The minimum atomic E-state index is -5.22. The largest absolute Gasteiger partial charge is 0.436 e. The molecule has 0 spiro atoms. The Labute approximate surface area is 184 Å². The Kier molecular flexibility index (Phi) is 7.07. The van der Waals surface area contributed by atoms with Gasteiger partial charge >= 0.3 is 18.6 Å². The minimum Gasteiger partial charge on any atom is -0.435 e. The summed E-state index contributed by atoms with van der Waals surface area (Å²) in [6, 6.07) is -1.84. The summed E-state index contributed by atoms with van der Waals surface area (Å²) in [5, 5.41) is 6.72. The van der Waals surface area contributed by atoms with Gasteiger partial charge in [-0.05, 0) is 18.2 Å². The van der Waals surface area contributed by atoms with E-state index in [1.165, 1.54) is 0 Å². The van der Waals surface area contributed by atoms with E-state index >= 15 is 0 Å². The standard InChI is InChI=1S/C18H13F8N5O3/c19-7-1-2-9(29-12(7)18(24,25)26)11(31-15(32)10-5-28-17(33)30-10)6-3-8(20)16(27-4-6)34-14(23)13(21)22/h1-4,10-11,13-14H,5H2,(H,31,32)(H2,28,30,33)/t10?,11-,14?/m1/s1. The van der Waals surface area contributed by atoms with Crippen molar-refractivity contribution in [2.75, 3.05) is 6.54 Å². The van der Waals surface area contributed by atoms with Crippen LogP contribution in [0.5, 0.6) is 5.88 Å². The van der Waals surface area contributed by atoms with E-state index in [-0.39, 0.29) is 12.1 Å². The summed E-state index contributed by atoms with van der Waals surface area (Å²) >= 11 is 0. The summed E-state index contributed by atoms with van der Waals surface area (Å²) in [5.74, 6) is -5.33. The van der Waals surface area contributed by atoms with Gasteiger partial charge in [-0.3, -0.25) is 4.79 Å². The molecule has 0 aliphatic carbocycles. The summed E-state index contributed by atoms with van der Waals surface area (Å²) in [6.45, 7) is -0.188. The van der Waals surface area contributed by atoms with Gasteiger partial charge in [-0.1, -0.05) is 0 Å². The summed E-state index contributed by atoms with van der Waals surface area (Å²) < 4.78 is 109. The van der Waals surface area contributed by atoms with Gasteiger partial charge in [0.2, 0.25) is 5.91 Å². The van der Waals surface area contributed by atoms with Crippen molar-refractivity contribution in [3.63, 3.8) is 0 Å². The van der Waals surface area contributed by atoms with Crippen LogP contribution in [-0.2, 0) is 11.0 Å². The molecule has 3 N–H and O–H groups in total.